The van der Waals surface area contributed by atoms with E-state index in [2.05, 4.69) is 14.9 Å². The highest BCUT2D eigenvalue weighted by molar-refractivity contribution is 5.09. The highest BCUT2D eigenvalue weighted by Gasteiger charge is 2.27. The van der Waals surface area contributed by atoms with E-state index in [1.165, 1.54) is 18.5 Å². The first-order chi connectivity index (χ1) is 8.26. The summed E-state index contributed by atoms with van der Waals surface area (Å²) in [4.78, 5) is 4.24. The fourth-order valence-corrected chi connectivity index (χ4v) is 1.94. The zero-order valence-corrected chi connectivity index (χ0v) is 10.6. The van der Waals surface area contributed by atoms with Crippen molar-refractivity contribution in [3.8, 4) is 0 Å². The molecule has 2 rings (SSSR count). The third kappa shape index (κ3) is 3.06. The summed E-state index contributed by atoms with van der Waals surface area (Å²) in [5.74, 6) is 0. The number of imidazole rings is 1. The molecule has 2 unspecified atom stereocenters. The van der Waals surface area contributed by atoms with Gasteiger partial charge in [-0.05, 0) is 19.8 Å². The van der Waals surface area contributed by atoms with Crippen LogP contribution in [0.2, 0.25) is 0 Å². The molecule has 0 saturated heterocycles. The lowest BCUT2D eigenvalue weighted by atomic mass is 10.2. The minimum absolute atomic E-state index is 0.163. The van der Waals surface area contributed by atoms with Gasteiger partial charge in [0.1, 0.15) is 0 Å². The van der Waals surface area contributed by atoms with Crippen molar-refractivity contribution in [1.29, 1.82) is 0 Å². The molecule has 0 aliphatic heterocycles. The molecule has 0 radical (unpaired) electrons. The third-order valence-electron chi connectivity index (χ3n) is 3.28. The standard InChI is InChI=1S/C12H22N4O/c1-9(17-2)6-15-11(5-13)12-7-14-8-16(12)10-3-4-10/h7-11,15H,3-6,13H2,1-2H3. The van der Waals surface area contributed by atoms with Crippen molar-refractivity contribution in [1.82, 2.24) is 14.9 Å². The van der Waals surface area contributed by atoms with Crippen molar-refractivity contribution in [2.24, 2.45) is 5.73 Å². The van der Waals surface area contributed by atoms with E-state index in [4.69, 9.17) is 10.5 Å². The maximum absolute atomic E-state index is 5.84. The molecule has 17 heavy (non-hydrogen) atoms. The first-order valence-electron chi connectivity index (χ1n) is 6.24. The minimum atomic E-state index is 0.163. The summed E-state index contributed by atoms with van der Waals surface area (Å²) in [7, 11) is 1.72. The molecule has 1 aromatic rings. The van der Waals surface area contributed by atoms with Gasteiger partial charge < -0.3 is 20.4 Å². The van der Waals surface area contributed by atoms with Gasteiger partial charge in [0.2, 0.25) is 0 Å². The van der Waals surface area contributed by atoms with Crippen LogP contribution >= 0.6 is 0 Å². The fraction of sp³-hybridized carbons (Fsp3) is 0.750. The summed E-state index contributed by atoms with van der Waals surface area (Å²) in [5.41, 5.74) is 7.03. The van der Waals surface area contributed by atoms with Gasteiger partial charge in [-0.25, -0.2) is 4.98 Å². The van der Waals surface area contributed by atoms with Crippen molar-refractivity contribution in [3.05, 3.63) is 18.2 Å². The fourth-order valence-electron chi connectivity index (χ4n) is 1.94. The highest BCUT2D eigenvalue weighted by atomic mass is 16.5. The molecule has 1 aliphatic rings. The number of rotatable bonds is 7. The lowest BCUT2D eigenvalue weighted by molar-refractivity contribution is 0.114. The largest absolute Gasteiger partial charge is 0.380 e. The van der Waals surface area contributed by atoms with E-state index < -0.39 is 0 Å². The summed E-state index contributed by atoms with van der Waals surface area (Å²) in [6.07, 6.45) is 6.54. The molecular formula is C12H22N4O. The Bertz CT molecular complexity index is 348. The first-order valence-corrected chi connectivity index (χ1v) is 6.24. The van der Waals surface area contributed by atoms with Crippen LogP contribution in [0, 0.1) is 0 Å². The van der Waals surface area contributed by atoms with Gasteiger partial charge >= 0.3 is 0 Å². The average molecular weight is 238 g/mol. The van der Waals surface area contributed by atoms with E-state index in [9.17, 15) is 0 Å². The third-order valence-corrected chi connectivity index (χ3v) is 3.28. The second-order valence-corrected chi connectivity index (χ2v) is 4.70. The van der Waals surface area contributed by atoms with Crippen molar-refractivity contribution in [3.63, 3.8) is 0 Å². The van der Waals surface area contributed by atoms with Crippen LogP contribution < -0.4 is 11.1 Å². The minimum Gasteiger partial charge on any atom is -0.380 e. The summed E-state index contributed by atoms with van der Waals surface area (Å²) >= 11 is 0. The molecule has 0 amide bonds. The number of aromatic nitrogens is 2. The van der Waals surface area contributed by atoms with Crippen molar-refractivity contribution in [2.75, 3.05) is 20.2 Å². The number of nitrogens with zero attached hydrogens (tertiary/aromatic N) is 2. The molecule has 3 N–H and O–H groups in total. The van der Waals surface area contributed by atoms with Gasteiger partial charge in [-0.3, -0.25) is 0 Å². The van der Waals surface area contributed by atoms with Crippen LogP contribution in [-0.4, -0.2) is 35.9 Å². The molecule has 5 nitrogen and oxygen atoms in total. The van der Waals surface area contributed by atoms with E-state index in [1.54, 1.807) is 7.11 Å². The molecule has 5 heteroatoms. The summed E-state index contributed by atoms with van der Waals surface area (Å²) in [6, 6.07) is 0.805. The zero-order valence-electron chi connectivity index (χ0n) is 10.6. The smallest absolute Gasteiger partial charge is 0.0951 e. The zero-order chi connectivity index (χ0) is 12.3. The maximum Gasteiger partial charge on any atom is 0.0951 e. The molecule has 0 spiro atoms. The molecule has 1 saturated carbocycles. The summed E-state index contributed by atoms with van der Waals surface area (Å²) < 4.78 is 7.48. The molecule has 0 bridgehead atoms. The van der Waals surface area contributed by atoms with Crippen LogP contribution in [-0.2, 0) is 4.74 Å². The topological polar surface area (TPSA) is 65.1 Å². The van der Waals surface area contributed by atoms with Crippen LogP contribution in [0.25, 0.3) is 0 Å². The van der Waals surface area contributed by atoms with Crippen LogP contribution in [0.3, 0.4) is 0 Å². The van der Waals surface area contributed by atoms with Crippen LogP contribution in [0.15, 0.2) is 12.5 Å². The predicted molar refractivity (Wildman–Crippen MR) is 66.8 cm³/mol. The second-order valence-electron chi connectivity index (χ2n) is 4.70. The Morgan fingerprint density at radius 3 is 3.00 bits per heavy atom. The Morgan fingerprint density at radius 2 is 2.41 bits per heavy atom. The number of hydrogen-bond donors (Lipinski definition) is 2. The van der Waals surface area contributed by atoms with Crippen LogP contribution in [0.5, 0.6) is 0 Å². The molecule has 2 atom stereocenters. The quantitative estimate of drug-likeness (QED) is 0.739. The Morgan fingerprint density at radius 1 is 1.65 bits per heavy atom. The second kappa shape index (κ2) is 5.62. The van der Waals surface area contributed by atoms with Gasteiger partial charge in [-0.1, -0.05) is 0 Å². The Balaban J connectivity index is 1.98. The number of nitrogens with one attached hydrogen (secondary N) is 1. The molecule has 1 aliphatic carbocycles. The average Bonchev–Trinajstić information content (AvgIpc) is 3.09. The Kier molecular flexibility index (Phi) is 4.15. The lowest BCUT2D eigenvalue weighted by Crippen LogP contribution is -2.35. The Hall–Kier alpha value is -0.910. The van der Waals surface area contributed by atoms with E-state index in [0.29, 0.717) is 12.6 Å². The van der Waals surface area contributed by atoms with Crippen molar-refractivity contribution in [2.45, 2.75) is 38.0 Å². The number of hydrogen-bond acceptors (Lipinski definition) is 4. The van der Waals surface area contributed by atoms with Crippen molar-refractivity contribution >= 4 is 0 Å². The van der Waals surface area contributed by atoms with Gasteiger partial charge in [0.25, 0.3) is 0 Å². The molecule has 96 valence electrons. The molecule has 1 fully saturated rings. The van der Waals surface area contributed by atoms with Gasteiger partial charge in [-0.15, -0.1) is 0 Å². The van der Waals surface area contributed by atoms with Gasteiger partial charge in [0.05, 0.1) is 24.2 Å². The monoisotopic (exact) mass is 238 g/mol. The van der Waals surface area contributed by atoms with E-state index in [-0.39, 0.29) is 12.1 Å². The van der Waals surface area contributed by atoms with Crippen molar-refractivity contribution < 1.29 is 4.74 Å². The van der Waals surface area contributed by atoms with Crippen LogP contribution in [0.4, 0.5) is 0 Å². The number of ether oxygens (including phenoxy) is 1. The van der Waals surface area contributed by atoms with Gasteiger partial charge in [0.15, 0.2) is 0 Å². The van der Waals surface area contributed by atoms with Gasteiger partial charge in [0, 0.05) is 32.4 Å². The molecule has 1 heterocycles. The first kappa shape index (κ1) is 12.5. The van der Waals surface area contributed by atoms with Gasteiger partial charge in [-0.2, -0.15) is 0 Å². The SMILES string of the molecule is COC(C)CNC(CN)c1cncn1C1CC1. The van der Waals surface area contributed by atoms with E-state index >= 15 is 0 Å². The molecular weight excluding hydrogens is 216 g/mol. The maximum atomic E-state index is 5.84. The molecule has 1 aromatic heterocycles. The Labute approximate surface area is 102 Å². The predicted octanol–water partition coefficient (Wildman–Crippen LogP) is 0.842. The molecule has 0 aromatic carbocycles. The number of methoxy groups -OCH3 is 1. The van der Waals surface area contributed by atoms with E-state index in [0.717, 1.165) is 6.54 Å². The summed E-state index contributed by atoms with van der Waals surface area (Å²) in [6.45, 7) is 3.42. The van der Waals surface area contributed by atoms with E-state index in [1.807, 2.05) is 19.4 Å². The summed E-state index contributed by atoms with van der Waals surface area (Å²) in [5, 5.41) is 3.43. The number of nitrogens with two attached hydrogens (primary N) is 1. The highest BCUT2D eigenvalue weighted by Crippen LogP contribution is 2.36. The lowest BCUT2D eigenvalue weighted by Gasteiger charge is -2.20. The normalized spacial score (nSPS) is 19.2. The van der Waals surface area contributed by atoms with Crippen LogP contribution in [0.1, 0.15) is 37.5 Å².